The van der Waals surface area contributed by atoms with Gasteiger partial charge in [0, 0.05) is 12.5 Å². The van der Waals surface area contributed by atoms with Gasteiger partial charge in [-0.25, -0.2) is 0 Å². The molecule has 2 N–H and O–H groups in total. The fourth-order valence-corrected chi connectivity index (χ4v) is 1.95. The van der Waals surface area contributed by atoms with E-state index in [0.29, 0.717) is 12.5 Å². The van der Waals surface area contributed by atoms with Crippen molar-refractivity contribution in [1.29, 1.82) is 0 Å². The van der Waals surface area contributed by atoms with Gasteiger partial charge in [0.25, 0.3) is 0 Å². The zero-order valence-electron chi connectivity index (χ0n) is 10.1. The third-order valence-electron chi connectivity index (χ3n) is 2.92. The number of carbonyl (C=O) groups excluding carboxylic acids is 2. The molecule has 16 heavy (non-hydrogen) atoms. The number of hydrogen-bond donors (Lipinski definition) is 2. The molecular formula is C12H22N2O2. The lowest BCUT2D eigenvalue weighted by Gasteiger charge is -2.12. The summed E-state index contributed by atoms with van der Waals surface area (Å²) in [5, 5.41) is 5.58. The summed E-state index contributed by atoms with van der Waals surface area (Å²) in [6.45, 7) is 2.17. The minimum absolute atomic E-state index is 0.0246. The van der Waals surface area contributed by atoms with Crippen molar-refractivity contribution in [2.75, 3.05) is 6.54 Å². The number of amides is 2. The quantitative estimate of drug-likeness (QED) is 0.718. The summed E-state index contributed by atoms with van der Waals surface area (Å²) >= 11 is 0. The molecule has 0 radical (unpaired) electrons. The van der Waals surface area contributed by atoms with Gasteiger partial charge >= 0.3 is 0 Å². The Balaban J connectivity index is 2.07. The van der Waals surface area contributed by atoms with E-state index in [1.54, 1.807) is 0 Å². The summed E-state index contributed by atoms with van der Waals surface area (Å²) in [6.07, 6.45) is 6.97. The Morgan fingerprint density at radius 1 is 1.19 bits per heavy atom. The minimum atomic E-state index is -0.0586. The first-order valence-corrected chi connectivity index (χ1v) is 6.28. The van der Waals surface area contributed by atoms with Gasteiger partial charge in [-0.2, -0.15) is 0 Å². The highest BCUT2D eigenvalue weighted by atomic mass is 16.2. The van der Waals surface area contributed by atoms with E-state index in [2.05, 4.69) is 10.6 Å². The summed E-state index contributed by atoms with van der Waals surface area (Å²) in [5.41, 5.74) is 0. The summed E-state index contributed by atoms with van der Waals surface area (Å²) in [5.74, 6) is -0.0832. The minimum Gasteiger partial charge on any atom is -0.352 e. The van der Waals surface area contributed by atoms with Crippen LogP contribution in [0.15, 0.2) is 0 Å². The van der Waals surface area contributed by atoms with Gasteiger partial charge in [-0.1, -0.05) is 26.2 Å². The van der Waals surface area contributed by atoms with E-state index in [4.69, 9.17) is 0 Å². The molecule has 0 aliphatic heterocycles. The molecule has 0 aromatic heterocycles. The number of nitrogens with one attached hydrogen (secondary N) is 2. The molecule has 0 atom stereocenters. The van der Waals surface area contributed by atoms with E-state index in [-0.39, 0.29) is 18.4 Å². The highest BCUT2D eigenvalue weighted by molar-refractivity contribution is 5.84. The van der Waals surface area contributed by atoms with E-state index >= 15 is 0 Å². The van der Waals surface area contributed by atoms with E-state index < -0.39 is 0 Å². The van der Waals surface area contributed by atoms with Crippen molar-refractivity contribution in [2.24, 2.45) is 0 Å². The third-order valence-corrected chi connectivity index (χ3v) is 2.92. The molecule has 2 amide bonds. The number of rotatable bonds is 6. The largest absolute Gasteiger partial charge is 0.352 e. The lowest BCUT2D eigenvalue weighted by molar-refractivity contribution is -0.126. The smallest absolute Gasteiger partial charge is 0.239 e. The Labute approximate surface area is 97.2 Å². The molecule has 1 aliphatic rings. The van der Waals surface area contributed by atoms with Crippen molar-refractivity contribution < 1.29 is 9.59 Å². The molecule has 92 valence electrons. The molecule has 1 fully saturated rings. The second-order valence-electron chi connectivity index (χ2n) is 4.43. The van der Waals surface area contributed by atoms with Crippen molar-refractivity contribution in [3.05, 3.63) is 0 Å². The first-order valence-electron chi connectivity index (χ1n) is 6.28. The van der Waals surface area contributed by atoms with Gasteiger partial charge in [-0.3, -0.25) is 9.59 Å². The Morgan fingerprint density at radius 3 is 2.50 bits per heavy atom. The molecule has 0 aromatic carbocycles. The zero-order chi connectivity index (χ0) is 11.8. The summed E-state index contributed by atoms with van der Waals surface area (Å²) in [7, 11) is 0. The first kappa shape index (κ1) is 13.0. The van der Waals surface area contributed by atoms with Crippen LogP contribution in [-0.4, -0.2) is 24.4 Å². The molecular weight excluding hydrogens is 204 g/mol. The van der Waals surface area contributed by atoms with Gasteiger partial charge < -0.3 is 10.6 Å². The average molecular weight is 226 g/mol. The van der Waals surface area contributed by atoms with Crippen LogP contribution in [0.5, 0.6) is 0 Å². The maximum absolute atomic E-state index is 11.5. The molecule has 1 rings (SSSR count). The monoisotopic (exact) mass is 226 g/mol. The molecule has 0 heterocycles. The van der Waals surface area contributed by atoms with Crippen LogP contribution in [0.25, 0.3) is 0 Å². The van der Waals surface area contributed by atoms with E-state index in [0.717, 1.165) is 25.7 Å². The number of unbranched alkanes of at least 4 members (excludes halogenated alkanes) is 1. The highest BCUT2D eigenvalue weighted by Gasteiger charge is 2.16. The predicted molar refractivity (Wildman–Crippen MR) is 62.9 cm³/mol. The molecule has 0 bridgehead atoms. The topological polar surface area (TPSA) is 58.2 Å². The molecule has 4 heteroatoms. The fraction of sp³-hybridized carbons (Fsp3) is 0.833. The van der Waals surface area contributed by atoms with Crippen LogP contribution in [0.2, 0.25) is 0 Å². The predicted octanol–water partition coefficient (Wildman–Crippen LogP) is 1.35. The highest BCUT2D eigenvalue weighted by Crippen LogP contribution is 2.17. The average Bonchev–Trinajstić information content (AvgIpc) is 2.76. The van der Waals surface area contributed by atoms with Crippen LogP contribution in [0.1, 0.15) is 51.9 Å². The molecule has 0 saturated heterocycles. The second kappa shape index (κ2) is 7.25. The molecule has 1 aliphatic carbocycles. The van der Waals surface area contributed by atoms with Crippen molar-refractivity contribution in [3.63, 3.8) is 0 Å². The SMILES string of the molecule is CCCCC(=O)NCC(=O)NC1CCCC1. The Bertz CT molecular complexity index is 235. The Hall–Kier alpha value is -1.06. The first-order chi connectivity index (χ1) is 7.72. The Morgan fingerprint density at radius 2 is 1.88 bits per heavy atom. The summed E-state index contributed by atoms with van der Waals surface area (Å²) in [6, 6.07) is 0.333. The summed E-state index contributed by atoms with van der Waals surface area (Å²) < 4.78 is 0. The Kier molecular flexibility index (Phi) is 5.90. The molecule has 1 saturated carbocycles. The van der Waals surface area contributed by atoms with E-state index in [1.807, 2.05) is 6.92 Å². The molecule has 4 nitrogen and oxygen atoms in total. The maximum Gasteiger partial charge on any atom is 0.239 e. The molecule has 0 unspecified atom stereocenters. The van der Waals surface area contributed by atoms with Crippen LogP contribution < -0.4 is 10.6 Å². The zero-order valence-corrected chi connectivity index (χ0v) is 10.1. The maximum atomic E-state index is 11.5. The lowest BCUT2D eigenvalue weighted by Crippen LogP contribution is -2.40. The van der Waals surface area contributed by atoms with Crippen LogP contribution in [0.3, 0.4) is 0 Å². The van der Waals surface area contributed by atoms with Gasteiger partial charge in [-0.15, -0.1) is 0 Å². The van der Waals surface area contributed by atoms with Crippen molar-refractivity contribution in [3.8, 4) is 0 Å². The van der Waals surface area contributed by atoms with Crippen LogP contribution >= 0.6 is 0 Å². The van der Waals surface area contributed by atoms with Gasteiger partial charge in [0.1, 0.15) is 0 Å². The van der Waals surface area contributed by atoms with Gasteiger partial charge in [-0.05, 0) is 19.3 Å². The van der Waals surface area contributed by atoms with Crippen LogP contribution in [-0.2, 0) is 9.59 Å². The van der Waals surface area contributed by atoms with Gasteiger partial charge in [0.2, 0.25) is 11.8 Å². The number of hydrogen-bond acceptors (Lipinski definition) is 2. The normalized spacial score (nSPS) is 16.1. The number of carbonyl (C=O) groups is 2. The van der Waals surface area contributed by atoms with Crippen molar-refractivity contribution in [1.82, 2.24) is 10.6 Å². The molecule has 0 spiro atoms. The van der Waals surface area contributed by atoms with Gasteiger partial charge in [0.05, 0.1) is 6.54 Å². The van der Waals surface area contributed by atoms with Crippen LogP contribution in [0, 0.1) is 0 Å². The second-order valence-corrected chi connectivity index (χ2v) is 4.43. The molecule has 0 aromatic rings. The summed E-state index contributed by atoms with van der Waals surface area (Å²) in [4.78, 5) is 22.7. The standard InChI is InChI=1S/C12H22N2O2/c1-2-3-8-11(15)13-9-12(16)14-10-6-4-5-7-10/h10H,2-9H2,1H3,(H,13,15)(H,14,16). The van der Waals surface area contributed by atoms with Gasteiger partial charge in [0.15, 0.2) is 0 Å². The fourth-order valence-electron chi connectivity index (χ4n) is 1.95. The van der Waals surface area contributed by atoms with E-state index in [9.17, 15) is 9.59 Å². The van der Waals surface area contributed by atoms with E-state index in [1.165, 1.54) is 12.8 Å². The lowest BCUT2D eigenvalue weighted by atomic mass is 10.2. The third kappa shape index (κ3) is 5.14. The van der Waals surface area contributed by atoms with Crippen molar-refractivity contribution >= 4 is 11.8 Å². The van der Waals surface area contributed by atoms with Crippen LogP contribution in [0.4, 0.5) is 0 Å². The van der Waals surface area contributed by atoms with Crippen molar-refractivity contribution in [2.45, 2.75) is 57.9 Å².